The summed E-state index contributed by atoms with van der Waals surface area (Å²) in [6.45, 7) is 4.50. The maximum absolute atomic E-state index is 3.32. The first-order valence-electron chi connectivity index (χ1n) is 4.06. The van der Waals surface area contributed by atoms with Gasteiger partial charge in [0.25, 0.3) is 0 Å². The quantitative estimate of drug-likeness (QED) is 0.548. The molecule has 0 spiro atoms. The van der Waals surface area contributed by atoms with Crippen LogP contribution < -0.4 is 5.32 Å². The minimum Gasteiger partial charge on any atom is -0.317 e. The van der Waals surface area contributed by atoms with Crippen LogP contribution in [0.15, 0.2) is 11.1 Å². The topological polar surface area (TPSA) is 12.0 Å². The van der Waals surface area contributed by atoms with E-state index in [2.05, 4.69) is 26.2 Å². The number of hydrogen-bond donors (Lipinski definition) is 1. The predicted octanol–water partition coefficient (Wildman–Crippen LogP) is 2.09. The van der Waals surface area contributed by atoms with Crippen LogP contribution in [0.2, 0.25) is 0 Å². The van der Waals surface area contributed by atoms with Gasteiger partial charge in [0.05, 0.1) is 0 Å². The second-order valence-electron chi connectivity index (χ2n) is 3.29. The SMILES string of the molecule is CNC1CCC(C)=C(C)C1. The van der Waals surface area contributed by atoms with Crippen LogP contribution >= 0.6 is 0 Å². The zero-order valence-corrected chi connectivity index (χ0v) is 7.20. The monoisotopic (exact) mass is 139 g/mol. The minimum atomic E-state index is 0.740. The van der Waals surface area contributed by atoms with Crippen molar-refractivity contribution < 1.29 is 0 Å². The molecule has 1 heteroatoms. The van der Waals surface area contributed by atoms with E-state index in [0.717, 1.165) is 6.04 Å². The Morgan fingerprint density at radius 1 is 1.30 bits per heavy atom. The Kier molecular flexibility index (Phi) is 2.50. The Labute approximate surface area is 63.5 Å². The fourth-order valence-corrected chi connectivity index (χ4v) is 1.50. The van der Waals surface area contributed by atoms with Gasteiger partial charge < -0.3 is 5.32 Å². The van der Waals surface area contributed by atoms with Crippen LogP contribution in [0.4, 0.5) is 0 Å². The number of hydrogen-bond acceptors (Lipinski definition) is 1. The van der Waals surface area contributed by atoms with Crippen LogP contribution in [-0.2, 0) is 0 Å². The standard InChI is InChI=1S/C9H17N/c1-7-4-5-9(10-3)6-8(7)2/h9-10H,4-6H2,1-3H3. The summed E-state index contributed by atoms with van der Waals surface area (Å²) in [4.78, 5) is 0. The van der Waals surface area contributed by atoms with E-state index in [-0.39, 0.29) is 0 Å². The minimum absolute atomic E-state index is 0.740. The molecule has 0 aromatic heterocycles. The summed E-state index contributed by atoms with van der Waals surface area (Å²) in [5, 5.41) is 3.32. The zero-order valence-electron chi connectivity index (χ0n) is 7.20. The van der Waals surface area contributed by atoms with Crippen molar-refractivity contribution in [2.75, 3.05) is 7.05 Å². The molecule has 0 saturated heterocycles. The van der Waals surface area contributed by atoms with Crippen molar-refractivity contribution in [1.82, 2.24) is 5.32 Å². The molecule has 10 heavy (non-hydrogen) atoms. The van der Waals surface area contributed by atoms with Gasteiger partial charge in [0.15, 0.2) is 0 Å². The molecule has 0 aromatic rings. The summed E-state index contributed by atoms with van der Waals surface area (Å²) in [6, 6.07) is 0.740. The van der Waals surface area contributed by atoms with Gasteiger partial charge in [-0.25, -0.2) is 0 Å². The van der Waals surface area contributed by atoms with Gasteiger partial charge >= 0.3 is 0 Å². The highest BCUT2D eigenvalue weighted by Gasteiger charge is 2.13. The Morgan fingerprint density at radius 3 is 2.50 bits per heavy atom. The van der Waals surface area contributed by atoms with E-state index in [1.807, 2.05) is 0 Å². The van der Waals surface area contributed by atoms with Crippen molar-refractivity contribution in [2.45, 2.75) is 39.2 Å². The van der Waals surface area contributed by atoms with E-state index in [1.54, 1.807) is 11.1 Å². The van der Waals surface area contributed by atoms with Gasteiger partial charge in [0, 0.05) is 6.04 Å². The van der Waals surface area contributed by atoms with Crippen LogP contribution in [0.5, 0.6) is 0 Å². The van der Waals surface area contributed by atoms with Gasteiger partial charge in [-0.15, -0.1) is 0 Å². The first-order chi connectivity index (χ1) is 4.74. The first kappa shape index (κ1) is 7.80. The first-order valence-corrected chi connectivity index (χ1v) is 4.06. The lowest BCUT2D eigenvalue weighted by Crippen LogP contribution is -2.27. The molecule has 1 N–H and O–H groups in total. The highest BCUT2D eigenvalue weighted by Crippen LogP contribution is 2.23. The highest BCUT2D eigenvalue weighted by atomic mass is 14.9. The van der Waals surface area contributed by atoms with Crippen molar-refractivity contribution in [3.8, 4) is 0 Å². The molecule has 1 unspecified atom stereocenters. The van der Waals surface area contributed by atoms with Crippen molar-refractivity contribution in [2.24, 2.45) is 0 Å². The third kappa shape index (κ3) is 1.60. The molecule has 0 bridgehead atoms. The maximum atomic E-state index is 3.32. The van der Waals surface area contributed by atoms with E-state index in [0.29, 0.717) is 0 Å². The van der Waals surface area contributed by atoms with Gasteiger partial charge in [0.1, 0.15) is 0 Å². The molecule has 0 amide bonds. The number of nitrogens with one attached hydrogen (secondary N) is 1. The van der Waals surface area contributed by atoms with E-state index in [9.17, 15) is 0 Å². The lowest BCUT2D eigenvalue weighted by atomic mass is 9.90. The third-order valence-electron chi connectivity index (χ3n) is 2.56. The van der Waals surface area contributed by atoms with Crippen LogP contribution in [0.3, 0.4) is 0 Å². The van der Waals surface area contributed by atoms with Crippen LogP contribution in [0.25, 0.3) is 0 Å². The average molecular weight is 139 g/mol. The predicted molar refractivity (Wildman–Crippen MR) is 45.1 cm³/mol. The lowest BCUT2D eigenvalue weighted by molar-refractivity contribution is 0.492. The van der Waals surface area contributed by atoms with E-state index >= 15 is 0 Å². The molecule has 0 heterocycles. The summed E-state index contributed by atoms with van der Waals surface area (Å²) in [7, 11) is 2.05. The Bertz CT molecular complexity index is 147. The molecule has 0 fully saturated rings. The second kappa shape index (κ2) is 3.20. The summed E-state index contributed by atoms with van der Waals surface area (Å²) in [6.07, 6.45) is 3.86. The molecule has 1 aliphatic rings. The Balaban J connectivity index is 2.54. The molecular weight excluding hydrogens is 122 g/mol. The summed E-state index contributed by atoms with van der Waals surface area (Å²) < 4.78 is 0. The Hall–Kier alpha value is -0.300. The molecule has 1 aliphatic carbocycles. The molecule has 1 atom stereocenters. The Morgan fingerprint density at radius 2 is 2.00 bits per heavy atom. The third-order valence-corrected chi connectivity index (χ3v) is 2.56. The smallest absolute Gasteiger partial charge is 0.0104 e. The number of rotatable bonds is 1. The van der Waals surface area contributed by atoms with Crippen molar-refractivity contribution in [3.63, 3.8) is 0 Å². The second-order valence-corrected chi connectivity index (χ2v) is 3.29. The summed E-state index contributed by atoms with van der Waals surface area (Å²) in [5.74, 6) is 0. The average Bonchev–Trinajstić information content (AvgIpc) is 1.95. The maximum Gasteiger partial charge on any atom is 0.0104 e. The van der Waals surface area contributed by atoms with Crippen molar-refractivity contribution in [1.29, 1.82) is 0 Å². The zero-order chi connectivity index (χ0) is 7.56. The molecule has 1 rings (SSSR count). The fraction of sp³-hybridized carbons (Fsp3) is 0.778. The van der Waals surface area contributed by atoms with E-state index < -0.39 is 0 Å². The number of allylic oxidation sites excluding steroid dienone is 1. The summed E-state index contributed by atoms with van der Waals surface area (Å²) >= 11 is 0. The van der Waals surface area contributed by atoms with E-state index in [1.165, 1.54) is 19.3 Å². The molecule has 0 aromatic carbocycles. The molecule has 0 radical (unpaired) electrons. The molecular formula is C9H17N. The van der Waals surface area contributed by atoms with Crippen LogP contribution in [0, 0.1) is 0 Å². The van der Waals surface area contributed by atoms with Crippen LogP contribution in [0.1, 0.15) is 33.1 Å². The van der Waals surface area contributed by atoms with Gasteiger partial charge in [-0.3, -0.25) is 0 Å². The van der Waals surface area contributed by atoms with E-state index in [4.69, 9.17) is 0 Å². The van der Waals surface area contributed by atoms with Gasteiger partial charge in [-0.05, 0) is 40.2 Å². The molecule has 1 nitrogen and oxygen atoms in total. The lowest BCUT2D eigenvalue weighted by Gasteiger charge is -2.23. The molecule has 0 aliphatic heterocycles. The van der Waals surface area contributed by atoms with Crippen molar-refractivity contribution in [3.05, 3.63) is 11.1 Å². The van der Waals surface area contributed by atoms with Gasteiger partial charge in [-0.1, -0.05) is 11.1 Å². The molecule has 0 saturated carbocycles. The fourth-order valence-electron chi connectivity index (χ4n) is 1.50. The largest absolute Gasteiger partial charge is 0.317 e. The highest BCUT2D eigenvalue weighted by molar-refractivity contribution is 5.14. The summed E-state index contributed by atoms with van der Waals surface area (Å²) in [5.41, 5.74) is 3.19. The van der Waals surface area contributed by atoms with Crippen molar-refractivity contribution >= 4 is 0 Å². The van der Waals surface area contributed by atoms with Crippen LogP contribution in [-0.4, -0.2) is 13.1 Å². The molecule has 58 valence electrons. The van der Waals surface area contributed by atoms with Gasteiger partial charge in [-0.2, -0.15) is 0 Å². The normalized spacial score (nSPS) is 27.3. The van der Waals surface area contributed by atoms with Gasteiger partial charge in [0.2, 0.25) is 0 Å².